The van der Waals surface area contributed by atoms with Gasteiger partial charge in [-0.05, 0) is 6.42 Å². The van der Waals surface area contributed by atoms with Crippen LogP contribution in [0.25, 0.3) is 0 Å². The highest BCUT2D eigenvalue weighted by Crippen LogP contribution is 2.24. The maximum absolute atomic E-state index is 12.2. The number of hydrogen-bond donors (Lipinski definition) is 2. The summed E-state index contributed by atoms with van der Waals surface area (Å²) in [5, 5.41) is 13.6. The number of hydrogen-bond acceptors (Lipinski definition) is 6. The number of imidazole rings is 1. The second-order valence-electron chi connectivity index (χ2n) is 7.12. The van der Waals surface area contributed by atoms with Gasteiger partial charge in [-0.25, -0.2) is 9.97 Å². The molecule has 0 spiro atoms. The van der Waals surface area contributed by atoms with Gasteiger partial charge in [-0.1, -0.05) is 13.8 Å². The molecular weight excluding hydrogens is 332 g/mol. The van der Waals surface area contributed by atoms with Crippen LogP contribution in [0.2, 0.25) is 0 Å². The summed E-state index contributed by atoms with van der Waals surface area (Å²) in [6, 6.07) is 0. The van der Waals surface area contributed by atoms with Crippen LogP contribution in [0.4, 0.5) is 5.82 Å². The molecule has 0 aromatic carbocycles. The van der Waals surface area contributed by atoms with Gasteiger partial charge in [0.05, 0.1) is 6.20 Å². The van der Waals surface area contributed by atoms with E-state index in [1.807, 2.05) is 15.7 Å². The second kappa shape index (κ2) is 7.82. The Hall–Kier alpha value is -2.48. The van der Waals surface area contributed by atoms with Crippen molar-refractivity contribution in [1.29, 1.82) is 0 Å². The average molecular weight is 358 g/mol. The fourth-order valence-corrected chi connectivity index (χ4v) is 3.23. The number of carbonyl (C=O) groups excluding carboxylic acids is 1. The third-order valence-corrected chi connectivity index (χ3v) is 4.66. The predicted octanol–water partition coefficient (Wildman–Crippen LogP) is 0.944. The molecule has 140 valence electrons. The zero-order valence-corrected chi connectivity index (χ0v) is 15.3. The largest absolute Gasteiger partial charge is 0.386 e. The zero-order chi connectivity index (χ0) is 18.6. The number of rotatable bonds is 7. The highest BCUT2D eigenvalue weighted by Gasteiger charge is 2.36. The van der Waals surface area contributed by atoms with Gasteiger partial charge < -0.3 is 19.9 Å². The van der Waals surface area contributed by atoms with Crippen LogP contribution in [-0.4, -0.2) is 55.8 Å². The number of aliphatic hydroxyl groups is 1. The number of nitrogens with zero attached hydrogens (tertiary/aromatic N) is 5. The number of nitrogens with one attached hydrogen (secondary N) is 1. The third kappa shape index (κ3) is 4.37. The molecule has 0 aliphatic carbocycles. The lowest BCUT2D eigenvalue weighted by Gasteiger charge is -2.24. The van der Waals surface area contributed by atoms with E-state index in [-0.39, 0.29) is 12.5 Å². The molecule has 1 atom stereocenters. The van der Waals surface area contributed by atoms with Gasteiger partial charge in [-0.15, -0.1) is 0 Å². The first-order chi connectivity index (χ1) is 12.5. The summed E-state index contributed by atoms with van der Waals surface area (Å²) in [6.45, 7) is 6.12. The van der Waals surface area contributed by atoms with Gasteiger partial charge in [0.25, 0.3) is 0 Å². The molecule has 3 rings (SSSR count). The summed E-state index contributed by atoms with van der Waals surface area (Å²) < 4.78 is 2.00. The van der Waals surface area contributed by atoms with Gasteiger partial charge in [0.15, 0.2) is 0 Å². The average Bonchev–Trinajstić information content (AvgIpc) is 3.26. The Bertz CT molecular complexity index is 732. The lowest BCUT2D eigenvalue weighted by molar-refractivity contribution is -0.122. The minimum atomic E-state index is -0.939. The molecule has 3 heterocycles. The van der Waals surface area contributed by atoms with E-state index in [4.69, 9.17) is 0 Å². The Morgan fingerprint density at radius 2 is 2.19 bits per heavy atom. The van der Waals surface area contributed by atoms with Crippen molar-refractivity contribution in [3.05, 3.63) is 36.8 Å². The molecule has 26 heavy (non-hydrogen) atoms. The molecule has 1 aliphatic heterocycles. The topological polar surface area (TPSA) is 96.2 Å². The van der Waals surface area contributed by atoms with E-state index in [1.54, 1.807) is 24.8 Å². The second-order valence-corrected chi connectivity index (χ2v) is 7.12. The van der Waals surface area contributed by atoms with E-state index in [0.717, 1.165) is 11.6 Å². The number of aromatic nitrogens is 4. The van der Waals surface area contributed by atoms with E-state index in [9.17, 15) is 9.90 Å². The lowest BCUT2D eigenvalue weighted by Crippen LogP contribution is -2.45. The normalized spacial score (nSPS) is 19.9. The molecule has 1 amide bonds. The first-order valence-electron chi connectivity index (χ1n) is 8.98. The Balaban J connectivity index is 1.46. The lowest BCUT2D eigenvalue weighted by atomic mass is 10.0. The maximum atomic E-state index is 12.2. The molecule has 2 aromatic rings. The highest BCUT2D eigenvalue weighted by atomic mass is 16.3. The summed E-state index contributed by atoms with van der Waals surface area (Å²) in [5.74, 6) is 1.97. The van der Waals surface area contributed by atoms with Gasteiger partial charge >= 0.3 is 0 Å². The summed E-state index contributed by atoms with van der Waals surface area (Å²) in [4.78, 5) is 26.8. The molecule has 8 nitrogen and oxygen atoms in total. The number of β-amino-alcohol motifs (C(OH)–C–C–N with tert-alkyl or cyclic N) is 1. The molecular formula is C18H26N6O2. The molecule has 1 aliphatic rings. The fourth-order valence-electron chi connectivity index (χ4n) is 3.23. The van der Waals surface area contributed by atoms with Crippen molar-refractivity contribution in [3.8, 4) is 0 Å². The van der Waals surface area contributed by atoms with Crippen molar-refractivity contribution >= 4 is 11.7 Å². The Kier molecular flexibility index (Phi) is 5.51. The minimum Gasteiger partial charge on any atom is -0.386 e. The first kappa shape index (κ1) is 18.3. The van der Waals surface area contributed by atoms with Crippen LogP contribution in [0.15, 0.2) is 31.0 Å². The quantitative estimate of drug-likeness (QED) is 0.765. The molecule has 1 fully saturated rings. The number of amides is 1. The SMILES string of the molecule is CC(C)c1nccn1CCC(=O)NC[C@]1(O)CCN(c2cnccn2)C1. The zero-order valence-electron chi connectivity index (χ0n) is 15.3. The van der Waals surface area contributed by atoms with Crippen LogP contribution in [0, 0.1) is 0 Å². The van der Waals surface area contributed by atoms with Crippen LogP contribution in [0.5, 0.6) is 0 Å². The summed E-state index contributed by atoms with van der Waals surface area (Å²) in [6.07, 6.45) is 9.54. The molecule has 8 heteroatoms. The van der Waals surface area contributed by atoms with Gasteiger partial charge in [-0.2, -0.15) is 0 Å². The van der Waals surface area contributed by atoms with E-state index in [2.05, 4.69) is 34.1 Å². The van der Waals surface area contributed by atoms with Crippen molar-refractivity contribution in [2.45, 2.75) is 44.8 Å². The highest BCUT2D eigenvalue weighted by molar-refractivity contribution is 5.75. The van der Waals surface area contributed by atoms with Crippen LogP contribution < -0.4 is 10.2 Å². The first-order valence-corrected chi connectivity index (χ1v) is 8.98. The van der Waals surface area contributed by atoms with Gasteiger partial charge in [-0.3, -0.25) is 9.78 Å². The van der Waals surface area contributed by atoms with E-state index in [0.29, 0.717) is 38.4 Å². The van der Waals surface area contributed by atoms with Crippen molar-refractivity contribution in [1.82, 2.24) is 24.8 Å². The third-order valence-electron chi connectivity index (χ3n) is 4.66. The summed E-state index contributed by atoms with van der Waals surface area (Å²) in [5.41, 5.74) is -0.939. The van der Waals surface area contributed by atoms with Crippen LogP contribution in [0.1, 0.15) is 38.4 Å². The van der Waals surface area contributed by atoms with Crippen molar-refractivity contribution < 1.29 is 9.90 Å². The fraction of sp³-hybridized carbons (Fsp3) is 0.556. The number of aryl methyl sites for hydroxylation is 1. The number of carbonyl (C=O) groups is 1. The Morgan fingerprint density at radius 1 is 1.35 bits per heavy atom. The monoisotopic (exact) mass is 358 g/mol. The Labute approximate surface area is 153 Å². The Morgan fingerprint density at radius 3 is 2.92 bits per heavy atom. The van der Waals surface area contributed by atoms with Crippen LogP contribution in [-0.2, 0) is 11.3 Å². The molecule has 0 saturated carbocycles. The number of anilines is 1. The van der Waals surface area contributed by atoms with Crippen LogP contribution >= 0.6 is 0 Å². The van der Waals surface area contributed by atoms with Crippen LogP contribution in [0.3, 0.4) is 0 Å². The van der Waals surface area contributed by atoms with Crippen molar-refractivity contribution in [3.63, 3.8) is 0 Å². The molecule has 0 bridgehead atoms. The molecule has 2 aromatic heterocycles. The van der Waals surface area contributed by atoms with Gasteiger partial charge in [0.2, 0.25) is 5.91 Å². The minimum absolute atomic E-state index is 0.0696. The molecule has 0 radical (unpaired) electrons. The smallest absolute Gasteiger partial charge is 0.221 e. The van der Waals surface area contributed by atoms with Crippen molar-refractivity contribution in [2.24, 2.45) is 0 Å². The predicted molar refractivity (Wildman–Crippen MR) is 97.8 cm³/mol. The van der Waals surface area contributed by atoms with Gasteiger partial charge in [0.1, 0.15) is 17.2 Å². The maximum Gasteiger partial charge on any atom is 0.221 e. The van der Waals surface area contributed by atoms with E-state index in [1.165, 1.54) is 0 Å². The van der Waals surface area contributed by atoms with Crippen molar-refractivity contribution in [2.75, 3.05) is 24.5 Å². The summed E-state index contributed by atoms with van der Waals surface area (Å²) in [7, 11) is 0. The van der Waals surface area contributed by atoms with Gasteiger partial charge in [0, 0.05) is 63.3 Å². The van der Waals surface area contributed by atoms with E-state index >= 15 is 0 Å². The molecule has 2 N–H and O–H groups in total. The van der Waals surface area contributed by atoms with E-state index < -0.39 is 5.60 Å². The molecule has 1 saturated heterocycles. The summed E-state index contributed by atoms with van der Waals surface area (Å²) >= 11 is 0. The standard InChI is InChI=1S/C18H26N6O2/c1-14(2)17-21-7-10-23(17)8-3-16(25)22-12-18(26)4-9-24(13-18)15-11-19-5-6-20-15/h5-7,10-11,14,26H,3-4,8-9,12-13H2,1-2H3,(H,22,25)/t18-/m1/s1. The molecule has 0 unspecified atom stereocenters.